The van der Waals surface area contributed by atoms with Crippen molar-refractivity contribution in [2.24, 2.45) is 0 Å². The van der Waals surface area contributed by atoms with Crippen LogP contribution in [-0.4, -0.2) is 61.1 Å². The third-order valence-corrected chi connectivity index (χ3v) is 4.47. The number of aryl methyl sites for hydroxylation is 1. The molecule has 1 aromatic rings. The molecule has 2 saturated heterocycles. The van der Waals surface area contributed by atoms with Crippen LogP contribution in [0.5, 0.6) is 0 Å². The highest BCUT2D eigenvalue weighted by molar-refractivity contribution is 9.10. The largest absolute Gasteiger partial charge is 0.378 e. The van der Waals surface area contributed by atoms with Crippen molar-refractivity contribution in [3.8, 4) is 0 Å². The van der Waals surface area contributed by atoms with Gasteiger partial charge in [0.2, 0.25) is 0 Å². The fourth-order valence-corrected chi connectivity index (χ4v) is 3.58. The van der Waals surface area contributed by atoms with Crippen molar-refractivity contribution in [1.82, 2.24) is 9.80 Å². The smallest absolute Gasteiger partial charge is 0.254 e. The van der Waals surface area contributed by atoms with Crippen molar-refractivity contribution < 1.29 is 9.53 Å². The molecule has 20 heavy (non-hydrogen) atoms. The minimum absolute atomic E-state index is 0.125. The van der Waals surface area contributed by atoms with Crippen molar-refractivity contribution in [2.75, 3.05) is 39.4 Å². The number of morpholine rings is 1. The van der Waals surface area contributed by atoms with E-state index in [2.05, 4.69) is 20.8 Å². The van der Waals surface area contributed by atoms with Gasteiger partial charge in [0.1, 0.15) is 0 Å². The number of fused-ring (bicyclic) bond motifs is 1. The number of amides is 1. The highest BCUT2D eigenvalue weighted by Gasteiger charge is 2.31. The lowest BCUT2D eigenvalue weighted by Crippen LogP contribution is -2.59. The summed E-state index contributed by atoms with van der Waals surface area (Å²) in [5.41, 5.74) is 1.87. The number of ether oxygens (including phenoxy) is 1. The van der Waals surface area contributed by atoms with E-state index in [9.17, 15) is 4.79 Å². The van der Waals surface area contributed by atoms with E-state index in [1.807, 2.05) is 30.0 Å². The summed E-state index contributed by atoms with van der Waals surface area (Å²) in [6.45, 7) is 7.08. The molecule has 1 aromatic carbocycles. The molecular formula is C15H19BrN2O2. The zero-order valence-electron chi connectivity index (χ0n) is 11.6. The fraction of sp³-hybridized carbons (Fsp3) is 0.533. The van der Waals surface area contributed by atoms with Crippen molar-refractivity contribution in [3.05, 3.63) is 33.8 Å². The number of benzene rings is 1. The number of carbonyl (C=O) groups excluding carboxylic acids is 1. The molecule has 0 aliphatic carbocycles. The Balaban J connectivity index is 1.74. The molecule has 2 aliphatic rings. The lowest BCUT2D eigenvalue weighted by atomic mass is 10.1. The molecule has 0 saturated carbocycles. The average Bonchev–Trinajstić information content (AvgIpc) is 2.45. The summed E-state index contributed by atoms with van der Waals surface area (Å²) in [6.07, 6.45) is 0. The lowest BCUT2D eigenvalue weighted by Gasteiger charge is -2.43. The van der Waals surface area contributed by atoms with Crippen LogP contribution >= 0.6 is 15.9 Å². The monoisotopic (exact) mass is 338 g/mol. The van der Waals surface area contributed by atoms with Crippen molar-refractivity contribution in [3.63, 3.8) is 0 Å². The molecule has 0 N–H and O–H groups in total. The quantitative estimate of drug-likeness (QED) is 0.784. The highest BCUT2D eigenvalue weighted by Crippen LogP contribution is 2.19. The maximum Gasteiger partial charge on any atom is 0.254 e. The normalized spacial score (nSPS) is 23.5. The molecular weight excluding hydrogens is 320 g/mol. The third-order valence-electron chi connectivity index (χ3n) is 4.01. The Morgan fingerprint density at radius 2 is 2.15 bits per heavy atom. The molecule has 0 unspecified atom stereocenters. The van der Waals surface area contributed by atoms with Crippen molar-refractivity contribution in [1.29, 1.82) is 0 Å². The molecule has 0 spiro atoms. The Hall–Kier alpha value is -0.910. The molecule has 0 bridgehead atoms. The van der Waals surface area contributed by atoms with Gasteiger partial charge in [-0.25, -0.2) is 0 Å². The van der Waals surface area contributed by atoms with E-state index < -0.39 is 0 Å². The van der Waals surface area contributed by atoms with Gasteiger partial charge in [0.05, 0.1) is 19.3 Å². The molecule has 3 rings (SSSR count). The van der Waals surface area contributed by atoms with Gasteiger partial charge in [0.25, 0.3) is 5.91 Å². The van der Waals surface area contributed by atoms with Crippen LogP contribution < -0.4 is 0 Å². The van der Waals surface area contributed by atoms with Crippen LogP contribution in [0.25, 0.3) is 0 Å². The number of hydrogen-bond donors (Lipinski definition) is 0. The Morgan fingerprint density at radius 3 is 2.95 bits per heavy atom. The van der Waals surface area contributed by atoms with Crippen LogP contribution in [0.4, 0.5) is 0 Å². The molecule has 1 atom stereocenters. The molecule has 5 heteroatoms. The lowest BCUT2D eigenvalue weighted by molar-refractivity contribution is -0.0395. The number of nitrogens with zero attached hydrogens (tertiary/aromatic N) is 2. The molecule has 2 fully saturated rings. The number of hydrogen-bond acceptors (Lipinski definition) is 3. The Labute approximate surface area is 127 Å². The molecule has 0 radical (unpaired) electrons. The van der Waals surface area contributed by atoms with Crippen LogP contribution in [0.15, 0.2) is 22.7 Å². The Bertz CT molecular complexity index is 500. The van der Waals surface area contributed by atoms with Gasteiger partial charge in [-0.1, -0.05) is 15.9 Å². The summed E-state index contributed by atoms with van der Waals surface area (Å²) in [5.74, 6) is 0.125. The van der Waals surface area contributed by atoms with Crippen molar-refractivity contribution >= 4 is 21.8 Å². The van der Waals surface area contributed by atoms with Gasteiger partial charge in [0, 0.05) is 36.2 Å². The molecule has 2 aliphatic heterocycles. The second kappa shape index (κ2) is 5.84. The number of halogens is 1. The molecule has 2 heterocycles. The van der Waals surface area contributed by atoms with Crippen LogP contribution in [0.2, 0.25) is 0 Å². The minimum Gasteiger partial charge on any atom is -0.378 e. The standard InChI is InChI=1S/C15H19BrN2O2/c1-11-6-12(8-13(16)7-11)15(19)18-3-2-17-4-5-20-10-14(17)9-18/h6-8,14H,2-5,9-10H2,1H3/t14-/m0/s1. The van der Waals surface area contributed by atoms with E-state index in [0.717, 1.165) is 55.0 Å². The van der Waals surface area contributed by atoms with Gasteiger partial charge >= 0.3 is 0 Å². The van der Waals surface area contributed by atoms with E-state index in [0.29, 0.717) is 6.04 Å². The first-order chi connectivity index (χ1) is 9.63. The zero-order chi connectivity index (χ0) is 14.1. The van der Waals surface area contributed by atoms with Crippen LogP contribution in [0, 0.1) is 6.92 Å². The van der Waals surface area contributed by atoms with Gasteiger partial charge in [0.15, 0.2) is 0 Å². The van der Waals surface area contributed by atoms with E-state index in [1.54, 1.807) is 0 Å². The predicted molar refractivity (Wildman–Crippen MR) is 81.0 cm³/mol. The van der Waals surface area contributed by atoms with Gasteiger partial charge in [-0.2, -0.15) is 0 Å². The maximum atomic E-state index is 12.6. The first kappa shape index (κ1) is 14.0. The molecule has 0 aromatic heterocycles. The highest BCUT2D eigenvalue weighted by atomic mass is 79.9. The third kappa shape index (κ3) is 2.90. The van der Waals surface area contributed by atoms with Crippen molar-refractivity contribution in [2.45, 2.75) is 13.0 Å². The summed E-state index contributed by atoms with van der Waals surface area (Å²) in [6, 6.07) is 6.23. The van der Waals surface area contributed by atoms with E-state index in [1.165, 1.54) is 0 Å². The minimum atomic E-state index is 0.125. The SMILES string of the molecule is Cc1cc(Br)cc(C(=O)N2CCN3CCOC[C@@H]3C2)c1. The topological polar surface area (TPSA) is 32.8 Å². The number of carbonyl (C=O) groups is 1. The van der Waals surface area contributed by atoms with E-state index >= 15 is 0 Å². The fourth-order valence-electron chi connectivity index (χ4n) is 2.97. The van der Waals surface area contributed by atoms with Gasteiger partial charge in [-0.3, -0.25) is 9.69 Å². The number of rotatable bonds is 1. The summed E-state index contributed by atoms with van der Waals surface area (Å²) in [7, 11) is 0. The van der Waals surface area contributed by atoms with Gasteiger partial charge in [-0.15, -0.1) is 0 Å². The van der Waals surface area contributed by atoms with E-state index in [-0.39, 0.29) is 5.91 Å². The maximum absolute atomic E-state index is 12.6. The Morgan fingerprint density at radius 1 is 1.30 bits per heavy atom. The molecule has 4 nitrogen and oxygen atoms in total. The summed E-state index contributed by atoms with van der Waals surface area (Å²) < 4.78 is 6.48. The van der Waals surface area contributed by atoms with Gasteiger partial charge < -0.3 is 9.64 Å². The number of piperazine rings is 1. The molecule has 1 amide bonds. The summed E-state index contributed by atoms with van der Waals surface area (Å²) in [5, 5.41) is 0. The zero-order valence-corrected chi connectivity index (χ0v) is 13.2. The second-order valence-electron chi connectivity index (χ2n) is 5.53. The first-order valence-electron chi connectivity index (χ1n) is 7.02. The van der Waals surface area contributed by atoms with E-state index in [4.69, 9.17) is 4.74 Å². The van der Waals surface area contributed by atoms with Crippen LogP contribution in [0.3, 0.4) is 0 Å². The van der Waals surface area contributed by atoms with Crippen LogP contribution in [0.1, 0.15) is 15.9 Å². The average molecular weight is 339 g/mol. The predicted octanol–water partition coefficient (Wildman–Crippen LogP) is 1.91. The van der Waals surface area contributed by atoms with Crippen LogP contribution in [-0.2, 0) is 4.74 Å². The Kier molecular flexibility index (Phi) is 4.10. The second-order valence-corrected chi connectivity index (χ2v) is 6.45. The summed E-state index contributed by atoms with van der Waals surface area (Å²) in [4.78, 5) is 17.0. The molecule has 108 valence electrons. The first-order valence-corrected chi connectivity index (χ1v) is 7.81. The summed E-state index contributed by atoms with van der Waals surface area (Å²) >= 11 is 3.46. The van der Waals surface area contributed by atoms with Gasteiger partial charge in [-0.05, 0) is 30.7 Å².